The van der Waals surface area contributed by atoms with Crippen molar-refractivity contribution in [1.82, 2.24) is 0 Å². The van der Waals surface area contributed by atoms with Crippen molar-refractivity contribution in [2.24, 2.45) is 0 Å². The van der Waals surface area contributed by atoms with Crippen molar-refractivity contribution in [3.8, 4) is 0 Å². The molecule has 0 aliphatic rings. The van der Waals surface area contributed by atoms with Gasteiger partial charge in [0.1, 0.15) is 12.7 Å². The monoisotopic (exact) mass is 412 g/mol. The van der Waals surface area contributed by atoms with E-state index in [1.807, 2.05) is 17.5 Å². The Morgan fingerprint density at radius 3 is 2.17 bits per heavy atom. The van der Waals surface area contributed by atoms with Gasteiger partial charge in [0, 0.05) is 5.75 Å². The van der Waals surface area contributed by atoms with E-state index >= 15 is 0 Å². The van der Waals surface area contributed by atoms with Gasteiger partial charge in [-0.25, -0.2) is 9.59 Å². The van der Waals surface area contributed by atoms with E-state index in [1.165, 1.54) is 19.3 Å². The third-order valence-corrected chi connectivity index (χ3v) is 5.09. The Bertz CT molecular complexity index is 759. The highest BCUT2D eigenvalue weighted by Crippen LogP contribution is 2.13. The zero-order chi connectivity index (χ0) is 20.7. The molecule has 0 radical (unpaired) electrons. The number of esters is 2. The first-order chi connectivity index (χ1) is 14.2. The lowest BCUT2D eigenvalue weighted by Gasteiger charge is -2.17. The molecule has 0 fully saturated rings. The molecule has 0 aliphatic heterocycles. The molecule has 0 aliphatic carbocycles. The first kappa shape index (κ1) is 22.8. The lowest BCUT2D eigenvalue weighted by atomic mass is 10.2. The van der Waals surface area contributed by atoms with Gasteiger partial charge >= 0.3 is 11.9 Å². The van der Waals surface area contributed by atoms with Crippen molar-refractivity contribution in [3.63, 3.8) is 0 Å². The van der Waals surface area contributed by atoms with Crippen molar-refractivity contribution >= 4 is 23.7 Å². The standard InChI is InChI=1S/C24H28O4S/c1-2-3-4-5-12-17-29-19-22(28-24(26)21-15-10-7-11-16-21)18-27-23(25)20-13-8-6-9-14-20/h6-17,22H,2-5,18-19H2,1H3. The molecule has 29 heavy (non-hydrogen) atoms. The Labute approximate surface area is 177 Å². The normalized spacial score (nSPS) is 11.9. The summed E-state index contributed by atoms with van der Waals surface area (Å²) in [5.74, 6) is -0.323. The number of allylic oxidation sites excluding steroid dienone is 1. The van der Waals surface area contributed by atoms with E-state index in [1.54, 1.807) is 60.3 Å². The summed E-state index contributed by atoms with van der Waals surface area (Å²) >= 11 is 1.55. The van der Waals surface area contributed by atoms with E-state index in [-0.39, 0.29) is 6.61 Å². The molecule has 0 heterocycles. The number of hydrogen-bond donors (Lipinski definition) is 0. The first-order valence-corrected chi connectivity index (χ1v) is 11.0. The average Bonchev–Trinajstić information content (AvgIpc) is 2.77. The Morgan fingerprint density at radius 1 is 0.931 bits per heavy atom. The van der Waals surface area contributed by atoms with Gasteiger partial charge in [-0.05, 0) is 42.5 Å². The fourth-order valence-corrected chi connectivity index (χ4v) is 3.31. The van der Waals surface area contributed by atoms with Crippen molar-refractivity contribution in [2.75, 3.05) is 12.4 Å². The van der Waals surface area contributed by atoms with E-state index < -0.39 is 18.0 Å². The van der Waals surface area contributed by atoms with Crippen LogP contribution >= 0.6 is 11.8 Å². The van der Waals surface area contributed by atoms with Gasteiger partial charge in [0.15, 0.2) is 0 Å². The Balaban J connectivity index is 1.89. The lowest BCUT2D eigenvalue weighted by molar-refractivity contribution is 0.00572. The molecule has 2 rings (SSSR count). The van der Waals surface area contributed by atoms with Gasteiger partial charge in [0.25, 0.3) is 0 Å². The molecule has 0 bridgehead atoms. The van der Waals surface area contributed by atoms with Crippen LogP contribution in [0, 0.1) is 0 Å². The van der Waals surface area contributed by atoms with Gasteiger partial charge in [0.2, 0.25) is 0 Å². The summed E-state index contributed by atoms with van der Waals surface area (Å²) in [5, 5.41) is 2.03. The Morgan fingerprint density at radius 2 is 1.55 bits per heavy atom. The molecule has 2 aromatic rings. The number of ether oxygens (including phenoxy) is 2. The van der Waals surface area contributed by atoms with E-state index in [2.05, 4.69) is 13.0 Å². The first-order valence-electron chi connectivity index (χ1n) is 9.95. The number of thioether (sulfide) groups is 1. The second-order valence-corrected chi connectivity index (χ2v) is 7.50. The molecule has 5 heteroatoms. The summed E-state index contributed by atoms with van der Waals surface area (Å²) in [7, 11) is 0. The van der Waals surface area contributed by atoms with E-state index in [4.69, 9.17) is 9.47 Å². The van der Waals surface area contributed by atoms with E-state index in [0.29, 0.717) is 16.9 Å². The minimum atomic E-state index is -0.527. The zero-order valence-corrected chi connectivity index (χ0v) is 17.6. The van der Waals surface area contributed by atoms with Gasteiger partial charge < -0.3 is 9.47 Å². The topological polar surface area (TPSA) is 52.6 Å². The molecule has 2 aromatic carbocycles. The summed E-state index contributed by atoms with van der Waals surface area (Å²) in [5.41, 5.74) is 0.955. The highest BCUT2D eigenvalue weighted by molar-refractivity contribution is 8.02. The molecule has 154 valence electrons. The van der Waals surface area contributed by atoms with Gasteiger partial charge in [-0.2, -0.15) is 0 Å². The van der Waals surface area contributed by atoms with Crippen molar-refractivity contribution < 1.29 is 19.1 Å². The Hall–Kier alpha value is -2.53. The smallest absolute Gasteiger partial charge is 0.338 e. The van der Waals surface area contributed by atoms with Crippen LogP contribution < -0.4 is 0 Å². The third kappa shape index (κ3) is 9.01. The van der Waals surface area contributed by atoms with Crippen molar-refractivity contribution in [3.05, 3.63) is 83.3 Å². The third-order valence-electron chi connectivity index (χ3n) is 4.14. The van der Waals surface area contributed by atoms with Crippen LogP contribution in [-0.4, -0.2) is 30.4 Å². The molecule has 0 saturated heterocycles. The summed E-state index contributed by atoms with van der Waals surface area (Å²) in [4.78, 5) is 24.6. The second kappa shape index (κ2) is 13.6. The molecule has 1 atom stereocenters. The maximum Gasteiger partial charge on any atom is 0.338 e. The van der Waals surface area contributed by atoms with Crippen LogP contribution in [0.2, 0.25) is 0 Å². The average molecular weight is 413 g/mol. The molecule has 4 nitrogen and oxygen atoms in total. The molecular formula is C24H28O4S. The molecule has 1 unspecified atom stereocenters. The molecule has 0 N–H and O–H groups in total. The second-order valence-electron chi connectivity index (χ2n) is 6.56. The molecule has 0 spiro atoms. The van der Waals surface area contributed by atoms with Gasteiger partial charge in [-0.3, -0.25) is 0 Å². The highest BCUT2D eigenvalue weighted by Gasteiger charge is 2.18. The van der Waals surface area contributed by atoms with Gasteiger partial charge in [-0.15, -0.1) is 11.8 Å². The van der Waals surface area contributed by atoms with Crippen molar-refractivity contribution in [2.45, 2.75) is 38.7 Å². The summed E-state index contributed by atoms with van der Waals surface area (Å²) < 4.78 is 11.0. The number of carbonyl (C=O) groups excluding carboxylic acids is 2. The van der Waals surface area contributed by atoms with Crippen LogP contribution in [0.15, 0.2) is 72.1 Å². The Kier molecular flexibility index (Phi) is 10.7. The minimum Gasteiger partial charge on any atom is -0.458 e. The predicted molar refractivity (Wildman–Crippen MR) is 118 cm³/mol. The fourth-order valence-electron chi connectivity index (χ4n) is 2.55. The zero-order valence-electron chi connectivity index (χ0n) is 16.8. The predicted octanol–water partition coefficient (Wildman–Crippen LogP) is 5.90. The molecule has 0 amide bonds. The SMILES string of the molecule is CCCCCC=CSCC(COC(=O)c1ccccc1)OC(=O)c1ccccc1. The fraction of sp³-hybridized carbons (Fsp3) is 0.333. The molecular weight excluding hydrogens is 384 g/mol. The van der Waals surface area contributed by atoms with E-state index in [0.717, 1.165) is 6.42 Å². The minimum absolute atomic E-state index is 0.0168. The number of benzene rings is 2. The molecule has 0 aromatic heterocycles. The maximum atomic E-state index is 12.4. The van der Waals surface area contributed by atoms with E-state index in [9.17, 15) is 9.59 Å². The largest absolute Gasteiger partial charge is 0.458 e. The quantitative estimate of drug-likeness (QED) is 0.321. The van der Waals surface area contributed by atoms with Crippen LogP contribution in [0.4, 0.5) is 0 Å². The summed E-state index contributed by atoms with van der Waals surface area (Å²) in [6.45, 7) is 2.20. The van der Waals surface area contributed by atoms with Crippen molar-refractivity contribution in [1.29, 1.82) is 0 Å². The highest BCUT2D eigenvalue weighted by atomic mass is 32.2. The summed E-state index contributed by atoms with van der Waals surface area (Å²) in [6.07, 6.45) is 6.24. The number of unbranched alkanes of at least 4 members (excludes halogenated alkanes) is 3. The van der Waals surface area contributed by atoms with Crippen LogP contribution in [0.3, 0.4) is 0 Å². The number of hydrogen-bond acceptors (Lipinski definition) is 5. The maximum absolute atomic E-state index is 12.4. The van der Waals surface area contributed by atoms with Gasteiger partial charge in [-0.1, -0.05) is 62.2 Å². The van der Waals surface area contributed by atoms with Crippen LogP contribution in [0.1, 0.15) is 53.3 Å². The number of carbonyl (C=O) groups is 2. The number of rotatable bonds is 12. The van der Waals surface area contributed by atoms with Crippen LogP contribution in [0.5, 0.6) is 0 Å². The van der Waals surface area contributed by atoms with Crippen LogP contribution in [0.25, 0.3) is 0 Å². The lowest BCUT2D eigenvalue weighted by Crippen LogP contribution is -2.27. The van der Waals surface area contributed by atoms with Crippen LogP contribution in [-0.2, 0) is 9.47 Å². The molecule has 0 saturated carbocycles. The summed E-state index contributed by atoms with van der Waals surface area (Å²) in [6, 6.07) is 17.6. The van der Waals surface area contributed by atoms with Gasteiger partial charge in [0.05, 0.1) is 11.1 Å².